The highest BCUT2D eigenvalue weighted by Crippen LogP contribution is 2.35. The van der Waals surface area contributed by atoms with Crippen LogP contribution < -0.4 is 5.32 Å². The Bertz CT molecular complexity index is 602. The normalized spacial score (nSPS) is 13.4. The number of rotatable bonds is 6. The van der Waals surface area contributed by atoms with E-state index in [-0.39, 0.29) is 18.3 Å². The minimum Gasteiger partial charge on any atom is -0.392 e. The van der Waals surface area contributed by atoms with Crippen molar-refractivity contribution in [3.63, 3.8) is 0 Å². The zero-order valence-corrected chi connectivity index (χ0v) is 13.0. The number of amides is 1. The van der Waals surface area contributed by atoms with Gasteiger partial charge < -0.3 is 10.4 Å². The lowest BCUT2D eigenvalue weighted by Gasteiger charge is -2.17. The Labute approximate surface area is 133 Å². The largest absolute Gasteiger partial charge is 0.392 e. The molecule has 0 aromatic heterocycles. The number of halogens is 1. The summed E-state index contributed by atoms with van der Waals surface area (Å²) in [5.74, 6) is -0.486. The van der Waals surface area contributed by atoms with Crippen molar-refractivity contribution in [2.24, 2.45) is 0 Å². The monoisotopic (exact) mass is 319 g/mol. The molecule has 2 aromatic carbocycles. The lowest BCUT2D eigenvalue weighted by molar-refractivity contribution is -0.121. The average molecular weight is 319 g/mol. The first-order valence-electron chi connectivity index (χ1n) is 6.99. The minimum absolute atomic E-state index is 0.179. The molecule has 0 radical (unpaired) electrons. The van der Waals surface area contributed by atoms with Gasteiger partial charge in [-0.2, -0.15) is 0 Å². The smallest absolute Gasteiger partial charge is 0.238 e. The summed E-state index contributed by atoms with van der Waals surface area (Å²) in [6, 6.07) is 15.4. The topological polar surface area (TPSA) is 49.3 Å². The van der Waals surface area contributed by atoms with Crippen LogP contribution in [0.1, 0.15) is 17.7 Å². The molecule has 5 heteroatoms. The molecule has 3 nitrogen and oxygen atoms in total. The standard InChI is InChI=1S/C17H18FNO2S/c1-12(20)11-19-17(21)16(13-5-3-2-4-6-13)22-15-9-7-14(18)8-10-15/h2-10,12,16,20H,11H2,1H3,(H,19,21). The molecular formula is C17H18FNO2S. The molecule has 0 aliphatic carbocycles. The van der Waals surface area contributed by atoms with Crippen LogP contribution in [-0.4, -0.2) is 23.7 Å². The fourth-order valence-corrected chi connectivity index (χ4v) is 2.94. The Morgan fingerprint density at radius 1 is 1.18 bits per heavy atom. The van der Waals surface area contributed by atoms with Crippen molar-refractivity contribution in [1.29, 1.82) is 0 Å². The van der Waals surface area contributed by atoms with Crippen LogP contribution in [-0.2, 0) is 4.79 Å². The van der Waals surface area contributed by atoms with E-state index < -0.39 is 11.4 Å². The second kappa shape index (κ2) is 7.96. The van der Waals surface area contributed by atoms with Crippen LogP contribution in [0.15, 0.2) is 59.5 Å². The van der Waals surface area contributed by atoms with Gasteiger partial charge in [-0.3, -0.25) is 4.79 Å². The molecule has 0 fully saturated rings. The van der Waals surface area contributed by atoms with Crippen molar-refractivity contribution < 1.29 is 14.3 Å². The van der Waals surface area contributed by atoms with Gasteiger partial charge >= 0.3 is 0 Å². The summed E-state index contributed by atoms with van der Waals surface area (Å²) in [6.45, 7) is 1.82. The molecule has 2 N–H and O–H groups in total. The highest BCUT2D eigenvalue weighted by molar-refractivity contribution is 8.00. The summed E-state index contributed by atoms with van der Waals surface area (Å²) in [7, 11) is 0. The first kappa shape index (κ1) is 16.5. The second-order valence-electron chi connectivity index (χ2n) is 4.96. The zero-order valence-electron chi connectivity index (χ0n) is 12.2. The van der Waals surface area contributed by atoms with E-state index in [0.717, 1.165) is 10.5 Å². The number of nitrogens with one attached hydrogen (secondary N) is 1. The second-order valence-corrected chi connectivity index (χ2v) is 6.14. The first-order chi connectivity index (χ1) is 10.6. The number of aliphatic hydroxyl groups excluding tert-OH is 1. The van der Waals surface area contributed by atoms with E-state index in [9.17, 15) is 14.3 Å². The van der Waals surface area contributed by atoms with Gasteiger partial charge in [-0.25, -0.2) is 4.39 Å². The summed E-state index contributed by atoms with van der Waals surface area (Å²) in [5, 5.41) is 11.6. The van der Waals surface area contributed by atoms with Crippen LogP contribution in [0, 0.1) is 5.82 Å². The fraction of sp³-hybridized carbons (Fsp3) is 0.235. The number of aliphatic hydroxyl groups is 1. The highest BCUT2D eigenvalue weighted by Gasteiger charge is 2.22. The molecule has 0 saturated carbocycles. The number of carbonyl (C=O) groups is 1. The summed E-state index contributed by atoms with van der Waals surface area (Å²) in [5.41, 5.74) is 0.861. The van der Waals surface area contributed by atoms with Crippen molar-refractivity contribution in [1.82, 2.24) is 5.32 Å². The molecule has 0 bridgehead atoms. The summed E-state index contributed by atoms with van der Waals surface area (Å²) in [6.07, 6.45) is -0.601. The molecule has 0 aliphatic rings. The molecule has 2 unspecified atom stereocenters. The van der Waals surface area contributed by atoms with Gasteiger partial charge in [-0.15, -0.1) is 11.8 Å². The Kier molecular flexibility index (Phi) is 5.98. The van der Waals surface area contributed by atoms with Crippen molar-refractivity contribution >= 4 is 17.7 Å². The van der Waals surface area contributed by atoms with Gasteiger partial charge in [0.15, 0.2) is 0 Å². The van der Waals surface area contributed by atoms with Gasteiger partial charge in [0.1, 0.15) is 11.1 Å². The quantitative estimate of drug-likeness (QED) is 0.804. The lowest BCUT2D eigenvalue weighted by atomic mass is 10.1. The van der Waals surface area contributed by atoms with E-state index in [4.69, 9.17) is 0 Å². The number of benzene rings is 2. The average Bonchev–Trinajstić information content (AvgIpc) is 2.53. The summed E-state index contributed by atoms with van der Waals surface area (Å²) < 4.78 is 13.0. The van der Waals surface area contributed by atoms with Gasteiger partial charge in [0, 0.05) is 11.4 Å². The van der Waals surface area contributed by atoms with Gasteiger partial charge in [0.25, 0.3) is 0 Å². The SMILES string of the molecule is CC(O)CNC(=O)C(Sc1ccc(F)cc1)c1ccccc1. The van der Waals surface area contributed by atoms with Crippen LogP contribution in [0.2, 0.25) is 0 Å². The molecule has 0 spiro atoms. The van der Waals surface area contributed by atoms with Crippen molar-refractivity contribution in [3.8, 4) is 0 Å². The van der Waals surface area contributed by atoms with Crippen molar-refractivity contribution in [2.45, 2.75) is 23.2 Å². The zero-order chi connectivity index (χ0) is 15.9. The molecule has 116 valence electrons. The van der Waals surface area contributed by atoms with Gasteiger partial charge in [-0.1, -0.05) is 30.3 Å². The number of hydrogen-bond acceptors (Lipinski definition) is 3. The molecule has 0 saturated heterocycles. The lowest BCUT2D eigenvalue weighted by Crippen LogP contribution is -2.33. The van der Waals surface area contributed by atoms with Crippen LogP contribution in [0.5, 0.6) is 0 Å². The summed E-state index contributed by atoms with van der Waals surface area (Å²) in [4.78, 5) is 13.2. The Morgan fingerprint density at radius 2 is 1.82 bits per heavy atom. The highest BCUT2D eigenvalue weighted by atomic mass is 32.2. The van der Waals surface area contributed by atoms with Gasteiger partial charge in [0.05, 0.1) is 6.10 Å². The molecule has 2 rings (SSSR count). The van der Waals surface area contributed by atoms with E-state index in [0.29, 0.717) is 0 Å². The van der Waals surface area contributed by atoms with Crippen LogP contribution in [0.25, 0.3) is 0 Å². The Balaban J connectivity index is 2.18. The third kappa shape index (κ3) is 4.86. The van der Waals surface area contributed by atoms with E-state index in [1.165, 1.54) is 23.9 Å². The first-order valence-corrected chi connectivity index (χ1v) is 7.87. The maximum absolute atomic E-state index is 13.0. The maximum Gasteiger partial charge on any atom is 0.238 e. The van der Waals surface area contributed by atoms with Gasteiger partial charge in [0.2, 0.25) is 5.91 Å². The van der Waals surface area contributed by atoms with Gasteiger partial charge in [-0.05, 0) is 36.8 Å². The number of carbonyl (C=O) groups excluding carboxylic acids is 1. The number of thioether (sulfide) groups is 1. The van der Waals surface area contributed by atoms with E-state index in [1.54, 1.807) is 19.1 Å². The minimum atomic E-state index is -0.601. The molecule has 2 atom stereocenters. The summed E-state index contributed by atoms with van der Waals surface area (Å²) >= 11 is 1.35. The predicted molar refractivity (Wildman–Crippen MR) is 86.1 cm³/mol. The van der Waals surface area contributed by atoms with Crippen molar-refractivity contribution in [2.75, 3.05) is 6.54 Å². The van der Waals surface area contributed by atoms with E-state index >= 15 is 0 Å². The van der Waals surface area contributed by atoms with E-state index in [2.05, 4.69) is 5.32 Å². The molecule has 1 amide bonds. The van der Waals surface area contributed by atoms with Crippen LogP contribution >= 0.6 is 11.8 Å². The molecule has 2 aromatic rings. The molecule has 0 heterocycles. The molecule has 0 aliphatic heterocycles. The number of hydrogen-bond donors (Lipinski definition) is 2. The third-order valence-electron chi connectivity index (χ3n) is 2.98. The molecule has 22 heavy (non-hydrogen) atoms. The Hall–Kier alpha value is -1.85. The van der Waals surface area contributed by atoms with Crippen LogP contribution in [0.4, 0.5) is 4.39 Å². The van der Waals surface area contributed by atoms with Crippen LogP contribution in [0.3, 0.4) is 0 Å². The fourth-order valence-electron chi connectivity index (χ4n) is 1.89. The predicted octanol–water partition coefficient (Wildman–Crippen LogP) is 3.16. The van der Waals surface area contributed by atoms with E-state index in [1.807, 2.05) is 30.3 Å². The Morgan fingerprint density at radius 3 is 2.41 bits per heavy atom. The van der Waals surface area contributed by atoms with Crippen molar-refractivity contribution in [3.05, 3.63) is 66.0 Å². The maximum atomic E-state index is 13.0. The third-order valence-corrected chi connectivity index (χ3v) is 4.25. The molecular weight excluding hydrogens is 301 g/mol.